The summed E-state index contributed by atoms with van der Waals surface area (Å²) in [6.45, 7) is 4.09. The zero-order valence-electron chi connectivity index (χ0n) is 71.4. The highest BCUT2D eigenvalue weighted by atomic mass is 16.6. The van der Waals surface area contributed by atoms with Gasteiger partial charge in [0, 0.05) is 55.3 Å². The Labute approximate surface area is 713 Å². The molecule has 2 aliphatic heterocycles. The number of unbranched alkanes of at least 4 members (excludes halogenated alkanes) is 9. The van der Waals surface area contributed by atoms with E-state index in [-0.39, 0.29) is 38.9 Å². The van der Waals surface area contributed by atoms with Crippen LogP contribution < -0.4 is 47.4 Å². The van der Waals surface area contributed by atoms with Crippen LogP contribution in [0, 0.1) is 0 Å². The molecule has 0 fully saturated rings. The average Bonchev–Trinajstić information content (AvgIpc) is 1.51. The van der Waals surface area contributed by atoms with E-state index in [9.17, 15) is 29.4 Å². The van der Waals surface area contributed by atoms with Crippen molar-refractivity contribution in [3.63, 3.8) is 0 Å². The van der Waals surface area contributed by atoms with E-state index in [1.165, 1.54) is 0 Å². The van der Waals surface area contributed by atoms with Crippen molar-refractivity contribution in [2.75, 3.05) is 70.1 Å². The first-order valence-corrected chi connectivity index (χ1v) is 42.6. The van der Waals surface area contributed by atoms with Gasteiger partial charge in [-0.3, -0.25) is 19.2 Å². The van der Waals surface area contributed by atoms with Crippen LogP contribution in [-0.2, 0) is 60.5 Å². The van der Waals surface area contributed by atoms with Crippen LogP contribution in [0.1, 0.15) is 198 Å². The first-order chi connectivity index (χ1) is 59.4. The molecular formula is C102H110O20. The third-order valence-corrected chi connectivity index (χ3v) is 24.5. The van der Waals surface area contributed by atoms with Gasteiger partial charge >= 0.3 is 23.9 Å². The summed E-state index contributed by atoms with van der Waals surface area (Å²) in [5.74, 6) is 3.18. The molecule has 14 rings (SSSR count). The van der Waals surface area contributed by atoms with E-state index in [1.807, 2.05) is 133 Å². The SMILES string of the molecule is CCCCC1(OC(CCCCCCCCCCC(COC(=O)CCC(=O)O)OC2(CCCC)c3cc(OC)ccc3-c3c2c2c(c4cc(OC)ccc34)OC(c3ccc(OC)cc3)(c3ccc(OC)cc3)C=C2)COC(=O)CCC(=O)O)c2cc(OC)ccc2-c2c1c1c(c3cc(OC)ccc23)OC(c2ccc(OC)cc2)(c2ccc(OC)cc2)C=C1. The number of carboxylic acid groups (broad SMARTS) is 2. The predicted octanol–water partition coefficient (Wildman–Crippen LogP) is 21.8. The molecule has 10 aromatic carbocycles. The van der Waals surface area contributed by atoms with Gasteiger partial charge in [0.25, 0.3) is 0 Å². The molecule has 10 aromatic rings. The zero-order chi connectivity index (χ0) is 85.7. The maximum absolute atomic E-state index is 13.6. The number of rotatable bonds is 43. The van der Waals surface area contributed by atoms with Crippen molar-refractivity contribution in [3.8, 4) is 79.7 Å². The van der Waals surface area contributed by atoms with Gasteiger partial charge in [-0.25, -0.2) is 0 Å². The Balaban J connectivity index is 0.745. The van der Waals surface area contributed by atoms with Crippen molar-refractivity contribution in [2.45, 2.75) is 177 Å². The van der Waals surface area contributed by atoms with E-state index in [1.54, 1.807) is 56.9 Å². The van der Waals surface area contributed by atoms with Crippen LogP contribution in [0.3, 0.4) is 0 Å². The molecule has 0 radical (unpaired) electrons. The second-order valence-electron chi connectivity index (χ2n) is 31.8. The number of hydrogen-bond acceptors (Lipinski definition) is 18. The third-order valence-electron chi connectivity index (χ3n) is 24.5. The van der Waals surface area contributed by atoms with Gasteiger partial charge in [0.15, 0.2) is 11.2 Å². The van der Waals surface area contributed by atoms with E-state index in [0.29, 0.717) is 83.2 Å². The molecule has 0 saturated heterocycles. The summed E-state index contributed by atoms with van der Waals surface area (Å²) in [5, 5.41) is 22.9. The third kappa shape index (κ3) is 17.3. The van der Waals surface area contributed by atoms with E-state index in [2.05, 4.69) is 74.5 Å². The van der Waals surface area contributed by atoms with Crippen molar-refractivity contribution in [1.82, 2.24) is 0 Å². The van der Waals surface area contributed by atoms with Crippen LogP contribution >= 0.6 is 0 Å². The van der Waals surface area contributed by atoms with Gasteiger partial charge < -0.3 is 76.5 Å². The quantitative estimate of drug-likeness (QED) is 0.0267. The highest BCUT2D eigenvalue weighted by molar-refractivity contribution is 6.10. The minimum Gasteiger partial charge on any atom is -0.497 e. The summed E-state index contributed by atoms with van der Waals surface area (Å²) in [6.07, 6.45) is 18.1. The lowest BCUT2D eigenvalue weighted by molar-refractivity contribution is -0.156. The van der Waals surface area contributed by atoms with Crippen molar-refractivity contribution < 1.29 is 95.7 Å². The van der Waals surface area contributed by atoms with Gasteiger partial charge in [-0.2, -0.15) is 0 Å². The average molecular weight is 1660 g/mol. The molecule has 20 heteroatoms. The van der Waals surface area contributed by atoms with Gasteiger partial charge in [0.05, 0.1) is 94.8 Å². The second kappa shape index (κ2) is 38.4. The van der Waals surface area contributed by atoms with Crippen LogP contribution in [-0.4, -0.2) is 116 Å². The molecule has 20 nitrogen and oxygen atoms in total. The Bertz CT molecular complexity index is 5040. The molecule has 2 heterocycles. The van der Waals surface area contributed by atoms with E-state index in [4.69, 9.17) is 66.3 Å². The first-order valence-electron chi connectivity index (χ1n) is 42.6. The van der Waals surface area contributed by atoms with Gasteiger partial charge in [-0.15, -0.1) is 0 Å². The van der Waals surface area contributed by atoms with Crippen molar-refractivity contribution in [1.29, 1.82) is 0 Å². The number of fused-ring (bicyclic) bond motifs is 16. The molecule has 0 spiro atoms. The maximum atomic E-state index is 13.6. The number of benzene rings is 10. The minimum absolute atomic E-state index is 0.116. The summed E-state index contributed by atoms with van der Waals surface area (Å²) in [7, 11) is 13.2. The Morgan fingerprint density at radius 3 is 0.967 bits per heavy atom. The number of methoxy groups -OCH3 is 8. The molecule has 0 saturated carbocycles. The van der Waals surface area contributed by atoms with Gasteiger partial charge in [0.2, 0.25) is 0 Å². The first kappa shape index (κ1) is 86.4. The van der Waals surface area contributed by atoms with E-state index >= 15 is 0 Å². The lowest BCUT2D eigenvalue weighted by Gasteiger charge is -2.41. The highest BCUT2D eigenvalue weighted by Gasteiger charge is 2.53. The summed E-state index contributed by atoms with van der Waals surface area (Å²) in [5.41, 5.74) is 7.99. The van der Waals surface area contributed by atoms with Crippen LogP contribution in [0.15, 0.2) is 182 Å². The monoisotopic (exact) mass is 1650 g/mol. The molecular weight excluding hydrogens is 1550 g/mol. The Kier molecular flexibility index (Phi) is 27.2. The lowest BCUT2D eigenvalue weighted by atomic mass is 9.78. The van der Waals surface area contributed by atoms with Crippen molar-refractivity contribution >= 4 is 57.6 Å². The number of carbonyl (C=O) groups excluding carboxylic acids is 2. The number of aliphatic carboxylic acids is 2. The molecule has 4 aliphatic rings. The Hall–Kier alpha value is -12.0. The number of esters is 2. The standard InChI is InChI=1S/C102H110O20/c1-11-13-55-101(87-61-75(115-9)43-47-81(87)93-79-45-41-73(113-7)59-85(79)97-83(95(93)101)53-57-99(121-97,65-25-33-69(109-3)34-26-65)66-27-35-70(110-4)36-28-66)119-77(63-117-91(107)51-49-89(103)104)23-21-19-17-15-16-18-20-22-24-78(64-118-92(108)52-50-90(105)106)120-102(56-14-12-2)88-62-76(116-10)44-48-82(88)94-80-46-42-74(114-8)60-86(80)98-84(96(94)102)54-58-100(122-98,67-29-37-71(111-5)38-30-67)68-31-39-72(112-6)40-32-68/h25-48,53-54,57-62,77-78H,11-24,49-52,55-56,63-64H2,1-10H3,(H,103,104)(H,105,106). The fraction of sp³-hybridized carbons (Fsp3) is 0.373. The molecule has 4 atom stereocenters. The van der Waals surface area contributed by atoms with Crippen molar-refractivity contribution in [3.05, 3.63) is 238 Å². The van der Waals surface area contributed by atoms with Crippen LogP contribution in [0.2, 0.25) is 0 Å². The molecule has 638 valence electrons. The largest absolute Gasteiger partial charge is 0.497 e. The molecule has 122 heavy (non-hydrogen) atoms. The number of carbonyl (C=O) groups is 4. The minimum atomic E-state index is -1.16. The number of hydrogen-bond donors (Lipinski definition) is 2. The number of ether oxygens (including phenoxy) is 14. The number of carboxylic acids is 2. The highest BCUT2D eigenvalue weighted by Crippen LogP contribution is 2.64. The summed E-state index contributed by atoms with van der Waals surface area (Å²) in [6, 6.07) is 56.2. The summed E-state index contributed by atoms with van der Waals surface area (Å²) >= 11 is 0. The van der Waals surface area contributed by atoms with Gasteiger partial charge in [0.1, 0.15) is 81.9 Å². The Morgan fingerprint density at radius 1 is 0.352 bits per heavy atom. The summed E-state index contributed by atoms with van der Waals surface area (Å²) < 4.78 is 90.4. The van der Waals surface area contributed by atoms with Gasteiger partial charge in [-0.1, -0.05) is 164 Å². The maximum Gasteiger partial charge on any atom is 0.306 e. The van der Waals surface area contributed by atoms with E-state index in [0.717, 1.165) is 176 Å². The molecule has 2 aliphatic carbocycles. The topological polar surface area (TPSA) is 238 Å². The predicted molar refractivity (Wildman–Crippen MR) is 470 cm³/mol. The fourth-order valence-electron chi connectivity index (χ4n) is 18.3. The van der Waals surface area contributed by atoms with Crippen LogP contribution in [0.4, 0.5) is 0 Å². The smallest absolute Gasteiger partial charge is 0.306 e. The van der Waals surface area contributed by atoms with Crippen molar-refractivity contribution in [2.24, 2.45) is 0 Å². The molecule has 0 aromatic heterocycles. The molecule has 2 N–H and O–H groups in total. The van der Waals surface area contributed by atoms with Gasteiger partial charge in [-0.05, 0) is 191 Å². The van der Waals surface area contributed by atoms with Crippen LogP contribution in [0.25, 0.3) is 56.0 Å². The lowest BCUT2D eigenvalue weighted by Crippen LogP contribution is -2.38. The molecule has 0 bridgehead atoms. The Morgan fingerprint density at radius 2 is 0.656 bits per heavy atom. The van der Waals surface area contributed by atoms with E-state index < -0.39 is 58.5 Å². The zero-order valence-corrected chi connectivity index (χ0v) is 71.4. The fourth-order valence-corrected chi connectivity index (χ4v) is 18.3. The molecule has 4 unspecified atom stereocenters. The summed E-state index contributed by atoms with van der Waals surface area (Å²) in [4.78, 5) is 51.0. The molecule has 0 amide bonds. The second-order valence-corrected chi connectivity index (χ2v) is 31.8. The van der Waals surface area contributed by atoms with Crippen LogP contribution in [0.5, 0.6) is 57.5 Å². The normalized spacial score (nSPS) is 16.3.